The van der Waals surface area contributed by atoms with Gasteiger partial charge in [-0.05, 0) is 50.8 Å². The zero-order valence-corrected chi connectivity index (χ0v) is 12.5. The molecule has 3 rings (SSSR count). The van der Waals surface area contributed by atoms with Crippen LogP contribution in [0.3, 0.4) is 0 Å². The van der Waals surface area contributed by atoms with Gasteiger partial charge in [0.15, 0.2) is 5.82 Å². The average molecular weight is 287 g/mol. The van der Waals surface area contributed by atoms with Gasteiger partial charge in [0.2, 0.25) is 0 Å². The lowest BCUT2D eigenvalue weighted by Gasteiger charge is -2.34. The Morgan fingerprint density at radius 3 is 2.57 bits per heavy atom. The molecule has 0 atom stereocenters. The van der Waals surface area contributed by atoms with Gasteiger partial charge in [-0.2, -0.15) is 4.98 Å². The number of benzene rings is 1. The molecule has 1 aromatic carbocycles. The molecule has 21 heavy (non-hydrogen) atoms. The monoisotopic (exact) mass is 287 g/mol. The summed E-state index contributed by atoms with van der Waals surface area (Å²) in [5, 5.41) is 4.03. The fourth-order valence-corrected chi connectivity index (χ4v) is 2.33. The summed E-state index contributed by atoms with van der Waals surface area (Å²) >= 11 is 0. The maximum atomic E-state index is 6.21. The molecule has 1 saturated carbocycles. The van der Waals surface area contributed by atoms with Crippen LogP contribution in [0.1, 0.15) is 44.5 Å². The van der Waals surface area contributed by atoms with Gasteiger partial charge in [-0.25, -0.2) is 0 Å². The highest BCUT2D eigenvalue weighted by Gasteiger charge is 2.39. The second kappa shape index (κ2) is 5.58. The molecule has 112 valence electrons. The third-order valence-electron chi connectivity index (χ3n) is 3.90. The number of nitrogens with zero attached hydrogens (tertiary/aromatic N) is 2. The molecule has 1 fully saturated rings. The van der Waals surface area contributed by atoms with Crippen molar-refractivity contribution in [2.45, 2.75) is 51.4 Å². The molecular weight excluding hydrogens is 266 g/mol. The van der Waals surface area contributed by atoms with Crippen LogP contribution in [0.2, 0.25) is 0 Å². The molecule has 0 radical (unpaired) electrons. The summed E-state index contributed by atoms with van der Waals surface area (Å²) in [6.45, 7) is 4.66. The van der Waals surface area contributed by atoms with Gasteiger partial charge in [0.1, 0.15) is 0 Å². The zero-order valence-electron chi connectivity index (χ0n) is 12.5. The Hall–Kier alpha value is -1.72. The second-order valence-corrected chi connectivity index (χ2v) is 5.99. The van der Waals surface area contributed by atoms with E-state index in [2.05, 4.69) is 10.1 Å². The molecule has 0 aliphatic heterocycles. The minimum atomic E-state index is -0.382. The van der Waals surface area contributed by atoms with Gasteiger partial charge in [0.05, 0.1) is 18.2 Å². The molecule has 0 unspecified atom stereocenters. The summed E-state index contributed by atoms with van der Waals surface area (Å²) in [4.78, 5) is 4.44. The molecule has 0 amide bonds. The van der Waals surface area contributed by atoms with Crippen LogP contribution < -0.4 is 5.73 Å². The molecule has 1 heterocycles. The van der Waals surface area contributed by atoms with Crippen molar-refractivity contribution >= 4 is 0 Å². The summed E-state index contributed by atoms with van der Waals surface area (Å²) in [6, 6.07) is 7.98. The molecule has 2 N–H and O–H groups in total. The normalized spacial score (nSPS) is 17.0. The van der Waals surface area contributed by atoms with Crippen LogP contribution >= 0.6 is 0 Å². The van der Waals surface area contributed by atoms with Gasteiger partial charge in [-0.3, -0.25) is 0 Å². The van der Waals surface area contributed by atoms with E-state index in [0.717, 1.165) is 30.4 Å². The highest BCUT2D eigenvalue weighted by atomic mass is 16.5. The lowest BCUT2D eigenvalue weighted by molar-refractivity contribution is 0.0657. The maximum absolute atomic E-state index is 6.21. The Kier molecular flexibility index (Phi) is 3.78. The summed E-state index contributed by atoms with van der Waals surface area (Å²) in [7, 11) is 0. The summed E-state index contributed by atoms with van der Waals surface area (Å²) in [5.41, 5.74) is 7.86. The van der Waals surface area contributed by atoms with Crippen LogP contribution in [-0.2, 0) is 16.9 Å². The van der Waals surface area contributed by atoms with E-state index in [0.29, 0.717) is 18.3 Å². The predicted molar refractivity (Wildman–Crippen MR) is 79.4 cm³/mol. The van der Waals surface area contributed by atoms with Gasteiger partial charge in [-0.15, -0.1) is 0 Å². The fraction of sp³-hybridized carbons (Fsp3) is 0.500. The molecule has 0 bridgehead atoms. The second-order valence-electron chi connectivity index (χ2n) is 5.99. The first-order valence-electron chi connectivity index (χ1n) is 7.41. The Morgan fingerprint density at radius 1 is 1.29 bits per heavy atom. The number of nitrogens with two attached hydrogens (primary N) is 1. The van der Waals surface area contributed by atoms with Crippen molar-refractivity contribution < 1.29 is 9.26 Å². The van der Waals surface area contributed by atoms with Crippen LogP contribution in [0.5, 0.6) is 0 Å². The van der Waals surface area contributed by atoms with Gasteiger partial charge >= 0.3 is 0 Å². The number of aromatic nitrogens is 2. The molecule has 0 spiro atoms. The zero-order chi connectivity index (χ0) is 14.9. The third kappa shape index (κ3) is 2.99. The lowest BCUT2D eigenvalue weighted by atomic mass is 9.77. The van der Waals surface area contributed by atoms with Crippen LogP contribution in [0.15, 0.2) is 28.8 Å². The molecule has 0 saturated heterocycles. The average Bonchev–Trinajstić information content (AvgIpc) is 2.93. The van der Waals surface area contributed by atoms with Crippen molar-refractivity contribution in [3.63, 3.8) is 0 Å². The Bertz CT molecular complexity index is 600. The van der Waals surface area contributed by atoms with Crippen molar-refractivity contribution in [2.75, 3.05) is 0 Å². The van der Waals surface area contributed by atoms with Gasteiger partial charge in [0.25, 0.3) is 5.89 Å². The van der Waals surface area contributed by atoms with Crippen molar-refractivity contribution in [3.05, 3.63) is 35.7 Å². The van der Waals surface area contributed by atoms with E-state index >= 15 is 0 Å². The number of ether oxygens (including phenoxy) is 1. The standard InChI is InChI=1S/C16H21N3O2/c1-11(2)20-10-12-4-6-13(7-5-12)14-18-15(19-21-14)16(17)8-3-9-16/h4-7,11H,3,8-10,17H2,1-2H3. The number of hydrogen-bond donors (Lipinski definition) is 1. The first-order chi connectivity index (χ1) is 10.1. The van der Waals surface area contributed by atoms with E-state index in [9.17, 15) is 0 Å². The molecule has 5 heteroatoms. The molecule has 1 aliphatic carbocycles. The van der Waals surface area contributed by atoms with E-state index in [1.165, 1.54) is 0 Å². The van der Waals surface area contributed by atoms with Crippen LogP contribution in [-0.4, -0.2) is 16.2 Å². The van der Waals surface area contributed by atoms with E-state index < -0.39 is 0 Å². The number of rotatable bonds is 5. The van der Waals surface area contributed by atoms with Crippen LogP contribution in [0.4, 0.5) is 0 Å². The Balaban J connectivity index is 1.72. The Morgan fingerprint density at radius 2 is 2.00 bits per heavy atom. The molecule has 2 aromatic rings. The summed E-state index contributed by atoms with van der Waals surface area (Å²) in [6.07, 6.45) is 3.21. The van der Waals surface area contributed by atoms with E-state index in [-0.39, 0.29) is 11.6 Å². The first kappa shape index (κ1) is 14.2. The maximum Gasteiger partial charge on any atom is 0.257 e. The fourth-order valence-electron chi connectivity index (χ4n) is 2.33. The third-order valence-corrected chi connectivity index (χ3v) is 3.90. The summed E-state index contributed by atoms with van der Waals surface area (Å²) < 4.78 is 10.9. The highest BCUT2D eigenvalue weighted by molar-refractivity contribution is 5.53. The molecular formula is C16H21N3O2. The van der Waals surface area contributed by atoms with E-state index in [1.54, 1.807) is 0 Å². The first-order valence-corrected chi connectivity index (χ1v) is 7.41. The minimum absolute atomic E-state index is 0.228. The van der Waals surface area contributed by atoms with Gasteiger partial charge < -0.3 is 15.0 Å². The Labute approximate surface area is 124 Å². The number of hydrogen-bond acceptors (Lipinski definition) is 5. The highest BCUT2D eigenvalue weighted by Crippen LogP contribution is 2.37. The lowest BCUT2D eigenvalue weighted by Crippen LogP contribution is -2.44. The topological polar surface area (TPSA) is 74.2 Å². The van der Waals surface area contributed by atoms with Gasteiger partial charge in [-0.1, -0.05) is 17.3 Å². The molecule has 1 aromatic heterocycles. The van der Waals surface area contributed by atoms with Crippen molar-refractivity contribution in [1.82, 2.24) is 10.1 Å². The molecule has 5 nitrogen and oxygen atoms in total. The van der Waals surface area contributed by atoms with Crippen LogP contribution in [0, 0.1) is 0 Å². The van der Waals surface area contributed by atoms with Gasteiger partial charge in [0, 0.05) is 5.56 Å². The van der Waals surface area contributed by atoms with Crippen molar-refractivity contribution in [1.29, 1.82) is 0 Å². The smallest absolute Gasteiger partial charge is 0.257 e. The summed E-state index contributed by atoms with van der Waals surface area (Å²) in [5.74, 6) is 1.15. The predicted octanol–water partition coefficient (Wildman–Crippen LogP) is 3.00. The van der Waals surface area contributed by atoms with Crippen molar-refractivity contribution in [3.8, 4) is 11.5 Å². The minimum Gasteiger partial charge on any atom is -0.374 e. The van der Waals surface area contributed by atoms with E-state index in [4.69, 9.17) is 15.0 Å². The largest absolute Gasteiger partial charge is 0.374 e. The van der Waals surface area contributed by atoms with Crippen molar-refractivity contribution in [2.24, 2.45) is 5.73 Å². The molecule has 1 aliphatic rings. The SMILES string of the molecule is CC(C)OCc1ccc(-c2nc(C3(N)CCC3)no2)cc1. The quantitative estimate of drug-likeness (QED) is 0.915. The van der Waals surface area contributed by atoms with E-state index in [1.807, 2.05) is 38.1 Å². The van der Waals surface area contributed by atoms with Crippen LogP contribution in [0.25, 0.3) is 11.5 Å².